The zero-order valence-electron chi connectivity index (χ0n) is 19.4. The highest BCUT2D eigenvalue weighted by Crippen LogP contribution is 2.32. The molecular formula is C25H30FN5O2. The van der Waals surface area contributed by atoms with Crippen LogP contribution in [0.15, 0.2) is 36.4 Å². The predicted molar refractivity (Wildman–Crippen MR) is 128 cm³/mol. The van der Waals surface area contributed by atoms with Crippen LogP contribution >= 0.6 is 0 Å². The summed E-state index contributed by atoms with van der Waals surface area (Å²) < 4.78 is 16.5. The van der Waals surface area contributed by atoms with E-state index < -0.39 is 0 Å². The van der Waals surface area contributed by atoms with E-state index >= 15 is 0 Å². The molecule has 1 saturated heterocycles. The molecule has 0 unspecified atom stereocenters. The zero-order valence-corrected chi connectivity index (χ0v) is 19.4. The van der Waals surface area contributed by atoms with Crippen LogP contribution in [0.1, 0.15) is 37.6 Å². The standard InChI is InChI=1S/C25H30FN5O2/c1-4-10-29-11-13-30(14-12-29)25(33)18-15-21(27-17(3)32)23-22(16-18)28-24(31(23)5-2)19-8-6-7-9-20(19)26/h6-9,15-16H,4-5,10-14H2,1-3H3,(H,27,32). The van der Waals surface area contributed by atoms with Gasteiger partial charge in [-0.05, 0) is 44.2 Å². The van der Waals surface area contributed by atoms with Crippen molar-refractivity contribution in [3.05, 3.63) is 47.8 Å². The van der Waals surface area contributed by atoms with Gasteiger partial charge < -0.3 is 14.8 Å². The quantitative estimate of drug-likeness (QED) is 0.615. The molecule has 1 aliphatic heterocycles. The van der Waals surface area contributed by atoms with Gasteiger partial charge in [0, 0.05) is 45.2 Å². The van der Waals surface area contributed by atoms with Gasteiger partial charge in [-0.3, -0.25) is 14.5 Å². The third-order valence-electron chi connectivity index (χ3n) is 6.03. The van der Waals surface area contributed by atoms with Crippen LogP contribution in [0, 0.1) is 5.82 Å². The van der Waals surface area contributed by atoms with E-state index in [1.807, 2.05) is 16.4 Å². The molecule has 8 heteroatoms. The molecule has 0 saturated carbocycles. The first-order valence-electron chi connectivity index (χ1n) is 11.5. The van der Waals surface area contributed by atoms with Crippen LogP contribution in [-0.4, -0.2) is 63.9 Å². The van der Waals surface area contributed by atoms with Crippen LogP contribution in [-0.2, 0) is 11.3 Å². The van der Waals surface area contributed by atoms with Gasteiger partial charge in [0.2, 0.25) is 5.91 Å². The molecule has 33 heavy (non-hydrogen) atoms. The molecule has 1 fully saturated rings. The summed E-state index contributed by atoms with van der Waals surface area (Å²) in [5.74, 6) is -0.233. The van der Waals surface area contributed by atoms with E-state index in [2.05, 4.69) is 17.1 Å². The largest absolute Gasteiger partial charge is 0.336 e. The van der Waals surface area contributed by atoms with Crippen molar-refractivity contribution in [1.82, 2.24) is 19.4 Å². The smallest absolute Gasteiger partial charge is 0.254 e. The van der Waals surface area contributed by atoms with E-state index in [9.17, 15) is 14.0 Å². The first-order valence-corrected chi connectivity index (χ1v) is 11.5. The molecule has 0 bridgehead atoms. The van der Waals surface area contributed by atoms with Crippen molar-refractivity contribution in [2.75, 3.05) is 38.0 Å². The van der Waals surface area contributed by atoms with E-state index in [1.54, 1.807) is 30.3 Å². The highest BCUT2D eigenvalue weighted by atomic mass is 19.1. The molecule has 174 valence electrons. The number of hydrogen-bond donors (Lipinski definition) is 1. The monoisotopic (exact) mass is 451 g/mol. The molecule has 2 aromatic carbocycles. The average molecular weight is 452 g/mol. The molecular weight excluding hydrogens is 421 g/mol. The molecule has 2 amide bonds. The number of benzene rings is 2. The molecule has 0 spiro atoms. The highest BCUT2D eigenvalue weighted by Gasteiger charge is 2.25. The topological polar surface area (TPSA) is 70.5 Å². The molecule has 7 nitrogen and oxygen atoms in total. The Hall–Kier alpha value is -3.26. The van der Waals surface area contributed by atoms with E-state index in [-0.39, 0.29) is 17.6 Å². The van der Waals surface area contributed by atoms with E-state index in [0.717, 1.165) is 26.1 Å². The Morgan fingerprint density at radius 2 is 1.82 bits per heavy atom. The normalized spacial score (nSPS) is 14.6. The fourth-order valence-electron chi connectivity index (χ4n) is 4.51. The summed E-state index contributed by atoms with van der Waals surface area (Å²) in [6.07, 6.45) is 1.09. The summed E-state index contributed by atoms with van der Waals surface area (Å²) in [5.41, 5.74) is 2.58. The van der Waals surface area contributed by atoms with Crippen molar-refractivity contribution in [3.63, 3.8) is 0 Å². The summed E-state index contributed by atoms with van der Waals surface area (Å²) in [6.45, 7) is 10.1. The number of carbonyl (C=O) groups excluding carboxylic acids is 2. The number of aryl methyl sites for hydroxylation is 1. The van der Waals surface area contributed by atoms with Gasteiger partial charge in [-0.2, -0.15) is 0 Å². The Labute approximate surface area is 193 Å². The van der Waals surface area contributed by atoms with Crippen molar-refractivity contribution in [2.24, 2.45) is 0 Å². The Balaban J connectivity index is 1.77. The van der Waals surface area contributed by atoms with Gasteiger partial charge in [-0.15, -0.1) is 0 Å². The van der Waals surface area contributed by atoms with Crippen LogP contribution in [0.5, 0.6) is 0 Å². The third kappa shape index (κ3) is 4.61. The number of nitrogens with zero attached hydrogens (tertiary/aromatic N) is 4. The van der Waals surface area contributed by atoms with Gasteiger partial charge in [0.05, 0.1) is 22.3 Å². The van der Waals surface area contributed by atoms with Gasteiger partial charge in [0.15, 0.2) is 0 Å². The molecule has 1 N–H and O–H groups in total. The second kappa shape index (κ2) is 9.70. The molecule has 2 heterocycles. The summed E-state index contributed by atoms with van der Waals surface area (Å²) in [5, 5.41) is 2.85. The molecule has 1 aliphatic rings. The number of rotatable bonds is 6. The van der Waals surface area contributed by atoms with Gasteiger partial charge in [0.25, 0.3) is 5.91 Å². The van der Waals surface area contributed by atoms with Gasteiger partial charge in [-0.25, -0.2) is 9.37 Å². The van der Waals surface area contributed by atoms with E-state index in [4.69, 9.17) is 4.98 Å². The van der Waals surface area contributed by atoms with Gasteiger partial charge in [0.1, 0.15) is 11.6 Å². The summed E-state index contributed by atoms with van der Waals surface area (Å²) in [7, 11) is 0. The van der Waals surface area contributed by atoms with E-state index in [0.29, 0.717) is 53.3 Å². The number of amides is 2. The molecule has 0 atom stereocenters. The Morgan fingerprint density at radius 1 is 1.09 bits per heavy atom. The maximum atomic E-state index is 14.6. The van der Waals surface area contributed by atoms with Gasteiger partial charge in [-0.1, -0.05) is 19.1 Å². The molecule has 1 aromatic heterocycles. The second-order valence-corrected chi connectivity index (χ2v) is 8.37. The number of piperazine rings is 1. The number of hydrogen-bond acceptors (Lipinski definition) is 4. The zero-order chi connectivity index (χ0) is 23.5. The van der Waals surface area contributed by atoms with Crippen molar-refractivity contribution in [1.29, 1.82) is 0 Å². The van der Waals surface area contributed by atoms with Crippen LogP contribution in [0.25, 0.3) is 22.4 Å². The minimum atomic E-state index is -0.371. The first-order chi connectivity index (χ1) is 15.9. The SMILES string of the molecule is CCCN1CCN(C(=O)c2cc(NC(C)=O)c3c(c2)nc(-c2ccccc2F)n3CC)CC1. The molecule has 4 rings (SSSR count). The Bertz CT molecular complexity index is 1180. The lowest BCUT2D eigenvalue weighted by molar-refractivity contribution is -0.114. The molecule has 0 radical (unpaired) electrons. The number of anilines is 1. The Morgan fingerprint density at radius 3 is 2.45 bits per heavy atom. The minimum absolute atomic E-state index is 0.0851. The first kappa shape index (κ1) is 22.9. The number of fused-ring (bicyclic) bond motifs is 1. The van der Waals surface area contributed by atoms with Crippen LogP contribution in [0.3, 0.4) is 0 Å². The van der Waals surface area contributed by atoms with Crippen molar-refractivity contribution in [3.8, 4) is 11.4 Å². The fourth-order valence-corrected chi connectivity index (χ4v) is 4.51. The average Bonchev–Trinajstić information content (AvgIpc) is 3.18. The summed E-state index contributed by atoms with van der Waals surface area (Å²) in [4.78, 5) is 34.2. The minimum Gasteiger partial charge on any atom is -0.336 e. The maximum absolute atomic E-state index is 14.6. The van der Waals surface area contributed by atoms with E-state index in [1.165, 1.54) is 13.0 Å². The molecule has 0 aliphatic carbocycles. The third-order valence-corrected chi connectivity index (χ3v) is 6.03. The second-order valence-electron chi connectivity index (χ2n) is 8.37. The van der Waals surface area contributed by atoms with Crippen LogP contribution < -0.4 is 5.32 Å². The predicted octanol–water partition coefficient (Wildman–Crippen LogP) is 3.99. The number of carbonyl (C=O) groups is 2. The van der Waals surface area contributed by atoms with Crippen LogP contribution in [0.2, 0.25) is 0 Å². The fraction of sp³-hybridized carbons (Fsp3) is 0.400. The lowest BCUT2D eigenvalue weighted by atomic mass is 10.1. The van der Waals surface area contributed by atoms with Crippen molar-refractivity contribution in [2.45, 2.75) is 33.7 Å². The van der Waals surface area contributed by atoms with Crippen molar-refractivity contribution < 1.29 is 14.0 Å². The lowest BCUT2D eigenvalue weighted by Gasteiger charge is -2.34. The summed E-state index contributed by atoms with van der Waals surface area (Å²) >= 11 is 0. The summed E-state index contributed by atoms with van der Waals surface area (Å²) in [6, 6.07) is 9.94. The number of imidazole rings is 1. The number of halogens is 1. The van der Waals surface area contributed by atoms with Crippen molar-refractivity contribution >= 4 is 28.5 Å². The molecule has 3 aromatic rings. The van der Waals surface area contributed by atoms with Gasteiger partial charge >= 0.3 is 0 Å². The number of aromatic nitrogens is 2. The highest BCUT2D eigenvalue weighted by molar-refractivity contribution is 6.05. The maximum Gasteiger partial charge on any atom is 0.254 e. The van der Waals surface area contributed by atoms with Crippen LogP contribution in [0.4, 0.5) is 10.1 Å². The lowest BCUT2D eigenvalue weighted by Crippen LogP contribution is -2.48. The Kier molecular flexibility index (Phi) is 6.74. The number of nitrogens with one attached hydrogen (secondary N) is 1.